The van der Waals surface area contributed by atoms with Crippen LogP contribution in [0.3, 0.4) is 0 Å². The molecule has 0 spiro atoms. The van der Waals surface area contributed by atoms with Gasteiger partial charge in [-0.2, -0.15) is 5.10 Å². The first-order valence-corrected chi connectivity index (χ1v) is 5.79. The molecular weight excluding hydrogens is 269 g/mol. The van der Waals surface area contributed by atoms with E-state index in [4.69, 9.17) is 10.5 Å². The van der Waals surface area contributed by atoms with Gasteiger partial charge in [0.2, 0.25) is 0 Å². The van der Waals surface area contributed by atoms with E-state index in [-0.39, 0.29) is 23.8 Å². The maximum atomic E-state index is 14.7. The topological polar surface area (TPSA) is 119 Å². The van der Waals surface area contributed by atoms with Crippen molar-refractivity contribution in [2.24, 2.45) is 0 Å². The zero-order chi connectivity index (χ0) is 14.5. The molecule has 0 aliphatic carbocycles. The quantitative estimate of drug-likeness (QED) is 0.708. The van der Waals surface area contributed by atoms with Gasteiger partial charge in [0.1, 0.15) is 19.0 Å². The Morgan fingerprint density at radius 1 is 1.50 bits per heavy atom. The number of fused-ring (bicyclic) bond motifs is 1. The minimum Gasteiger partial charge on any atom is -0.506 e. The summed E-state index contributed by atoms with van der Waals surface area (Å²) in [6, 6.07) is 0. The Morgan fingerprint density at radius 2 is 2.25 bits per heavy atom. The van der Waals surface area contributed by atoms with E-state index in [1.54, 1.807) is 0 Å². The van der Waals surface area contributed by atoms with Gasteiger partial charge in [0.25, 0.3) is 0 Å². The molecule has 1 aliphatic rings. The fraction of sp³-hybridized carbons (Fsp3) is 0.364. The van der Waals surface area contributed by atoms with Crippen LogP contribution in [0.4, 0.5) is 10.2 Å². The number of nitrogen functional groups attached to an aromatic ring is 1. The first-order valence-electron chi connectivity index (χ1n) is 5.79. The first kappa shape index (κ1) is 12.6. The Hall–Kier alpha value is -2.42. The Kier molecular flexibility index (Phi) is 2.54. The van der Waals surface area contributed by atoms with Crippen LogP contribution in [0.25, 0.3) is 5.65 Å². The highest BCUT2D eigenvalue weighted by Gasteiger charge is 2.47. The zero-order valence-electron chi connectivity index (χ0n) is 10.5. The molecular formula is C11H12FN5O3. The molecule has 0 saturated carbocycles. The summed E-state index contributed by atoms with van der Waals surface area (Å²) in [5.41, 5.74) is 3.87. The molecule has 9 heteroatoms. The summed E-state index contributed by atoms with van der Waals surface area (Å²) in [6.45, 7) is 0.802. The lowest BCUT2D eigenvalue weighted by molar-refractivity contribution is -0.0815. The van der Waals surface area contributed by atoms with E-state index < -0.39 is 23.3 Å². The van der Waals surface area contributed by atoms with Crippen LogP contribution in [0, 0.1) is 0 Å². The van der Waals surface area contributed by atoms with Gasteiger partial charge in [0, 0.05) is 0 Å². The summed E-state index contributed by atoms with van der Waals surface area (Å²) in [4.78, 5) is 7.79. The average molecular weight is 281 g/mol. The lowest BCUT2D eigenvalue weighted by Crippen LogP contribution is -2.38. The molecule has 3 rings (SSSR count). The predicted octanol–water partition coefficient (Wildman–Crippen LogP) is 0.834. The van der Waals surface area contributed by atoms with E-state index in [0.717, 1.165) is 6.92 Å². The highest BCUT2D eigenvalue weighted by Crippen LogP contribution is 2.41. The number of rotatable bonds is 1. The normalized spacial score (nSPS) is 27.2. The summed E-state index contributed by atoms with van der Waals surface area (Å²) >= 11 is 0. The standard InChI is InChI=1S/C11H12FN5O3/c1-11(12)7(19)6(18)3-20-8(11)5-2-14-10-9(13)15-4-16-17(5)10/h2,4,8,18-19H,3H2,1H3,(H2,13,15,16)/t8-,11+/m0/s1. The van der Waals surface area contributed by atoms with Crippen LogP contribution in [0.1, 0.15) is 18.7 Å². The summed E-state index contributed by atoms with van der Waals surface area (Å²) in [6.07, 6.45) is 1.38. The molecule has 1 aliphatic heterocycles. The number of ether oxygens (including phenoxy) is 1. The van der Waals surface area contributed by atoms with Gasteiger partial charge >= 0.3 is 0 Å². The van der Waals surface area contributed by atoms with Crippen molar-refractivity contribution in [3.63, 3.8) is 0 Å². The van der Waals surface area contributed by atoms with E-state index in [1.165, 1.54) is 17.0 Å². The molecule has 106 valence electrons. The lowest BCUT2D eigenvalue weighted by Gasteiger charge is -2.33. The van der Waals surface area contributed by atoms with Crippen molar-refractivity contribution in [2.75, 3.05) is 12.3 Å². The van der Waals surface area contributed by atoms with Gasteiger partial charge in [-0.1, -0.05) is 0 Å². The molecule has 0 bridgehead atoms. The number of halogens is 1. The van der Waals surface area contributed by atoms with Crippen LogP contribution in [-0.4, -0.2) is 42.1 Å². The highest BCUT2D eigenvalue weighted by atomic mass is 19.1. The zero-order valence-corrected chi connectivity index (χ0v) is 10.5. The maximum Gasteiger partial charge on any atom is 0.199 e. The van der Waals surface area contributed by atoms with Crippen molar-refractivity contribution in [1.29, 1.82) is 0 Å². The third-order valence-electron chi connectivity index (χ3n) is 3.24. The van der Waals surface area contributed by atoms with Gasteiger partial charge in [-0.05, 0) is 6.92 Å². The highest BCUT2D eigenvalue weighted by molar-refractivity contribution is 5.59. The molecule has 8 nitrogen and oxygen atoms in total. The Labute approximate surface area is 112 Å². The molecule has 0 amide bonds. The molecule has 2 atom stereocenters. The van der Waals surface area contributed by atoms with Crippen molar-refractivity contribution < 1.29 is 19.3 Å². The lowest BCUT2D eigenvalue weighted by atomic mass is 9.93. The van der Waals surface area contributed by atoms with E-state index in [0.29, 0.717) is 0 Å². The van der Waals surface area contributed by atoms with Crippen molar-refractivity contribution >= 4 is 11.5 Å². The number of nitrogens with two attached hydrogens (primary N) is 1. The number of anilines is 1. The molecule has 0 radical (unpaired) electrons. The summed E-state index contributed by atoms with van der Waals surface area (Å²) in [7, 11) is 0. The minimum atomic E-state index is -2.31. The van der Waals surface area contributed by atoms with Crippen LogP contribution in [-0.2, 0) is 4.74 Å². The SMILES string of the molecule is C[C@@]1(F)C(O)=C(O)CO[C@H]1c1cnc2c(N)ncnn12. The van der Waals surface area contributed by atoms with Gasteiger partial charge in [-0.3, -0.25) is 0 Å². The fourth-order valence-electron chi connectivity index (χ4n) is 2.19. The predicted molar refractivity (Wildman–Crippen MR) is 65.7 cm³/mol. The number of aliphatic hydroxyl groups excluding tert-OH is 2. The monoisotopic (exact) mass is 281 g/mol. The van der Waals surface area contributed by atoms with Crippen LogP contribution >= 0.6 is 0 Å². The minimum absolute atomic E-state index is 0.144. The Bertz CT molecular complexity index is 711. The number of hydrogen-bond acceptors (Lipinski definition) is 7. The van der Waals surface area contributed by atoms with Crippen molar-refractivity contribution in [3.8, 4) is 0 Å². The van der Waals surface area contributed by atoms with Crippen LogP contribution in [0.2, 0.25) is 0 Å². The van der Waals surface area contributed by atoms with Crippen molar-refractivity contribution in [3.05, 3.63) is 29.7 Å². The van der Waals surface area contributed by atoms with Crippen molar-refractivity contribution in [2.45, 2.75) is 18.7 Å². The average Bonchev–Trinajstić information content (AvgIpc) is 2.82. The van der Waals surface area contributed by atoms with Gasteiger partial charge in [0.15, 0.2) is 28.7 Å². The van der Waals surface area contributed by atoms with Crippen LogP contribution in [0.5, 0.6) is 0 Å². The second-order valence-electron chi connectivity index (χ2n) is 4.63. The van der Waals surface area contributed by atoms with Crippen LogP contribution < -0.4 is 5.73 Å². The molecule has 2 aromatic heterocycles. The van der Waals surface area contributed by atoms with E-state index >= 15 is 0 Å². The number of alkyl halides is 1. The maximum absolute atomic E-state index is 14.7. The smallest absolute Gasteiger partial charge is 0.199 e. The van der Waals surface area contributed by atoms with Crippen molar-refractivity contribution in [1.82, 2.24) is 19.6 Å². The number of imidazole rings is 1. The van der Waals surface area contributed by atoms with E-state index in [2.05, 4.69) is 15.1 Å². The van der Waals surface area contributed by atoms with Crippen LogP contribution in [0.15, 0.2) is 24.0 Å². The third kappa shape index (κ3) is 1.59. The molecule has 0 unspecified atom stereocenters. The number of aromatic nitrogens is 4. The first-order chi connectivity index (χ1) is 9.43. The second kappa shape index (κ2) is 4.04. The van der Waals surface area contributed by atoms with Gasteiger partial charge in [-0.15, -0.1) is 0 Å². The Morgan fingerprint density at radius 3 is 3.00 bits per heavy atom. The van der Waals surface area contributed by atoms with Gasteiger partial charge < -0.3 is 20.7 Å². The summed E-state index contributed by atoms with van der Waals surface area (Å²) in [5.74, 6) is -1.15. The van der Waals surface area contributed by atoms with Gasteiger partial charge in [-0.25, -0.2) is 18.9 Å². The van der Waals surface area contributed by atoms with E-state index in [9.17, 15) is 14.6 Å². The number of hydrogen-bond donors (Lipinski definition) is 3. The molecule has 0 saturated heterocycles. The molecule has 3 heterocycles. The number of nitrogens with zero attached hydrogens (tertiary/aromatic N) is 4. The molecule has 20 heavy (non-hydrogen) atoms. The number of aliphatic hydroxyl groups is 2. The fourth-order valence-corrected chi connectivity index (χ4v) is 2.19. The van der Waals surface area contributed by atoms with E-state index in [1.807, 2.05) is 0 Å². The summed E-state index contributed by atoms with van der Waals surface area (Å²) in [5, 5.41) is 23.0. The summed E-state index contributed by atoms with van der Waals surface area (Å²) < 4.78 is 21.2. The molecule has 0 aromatic carbocycles. The molecule has 0 fully saturated rings. The molecule has 2 aromatic rings. The third-order valence-corrected chi connectivity index (χ3v) is 3.24. The molecule has 4 N–H and O–H groups in total. The largest absolute Gasteiger partial charge is 0.506 e. The van der Waals surface area contributed by atoms with Gasteiger partial charge in [0.05, 0.1) is 11.9 Å². The second-order valence-corrected chi connectivity index (χ2v) is 4.63. The Balaban J connectivity index is 2.15.